The average Bonchev–Trinajstić information content (AvgIpc) is 2.21. The molecule has 0 radical (unpaired) electrons. The molecule has 1 aliphatic carbocycles. The summed E-state index contributed by atoms with van der Waals surface area (Å²) in [7, 11) is 0. The molecule has 1 aliphatic rings. The lowest BCUT2D eigenvalue weighted by Crippen LogP contribution is -2.13. The van der Waals surface area contributed by atoms with Gasteiger partial charge in [0.2, 0.25) is 0 Å². The van der Waals surface area contributed by atoms with Crippen molar-refractivity contribution in [3.63, 3.8) is 0 Å². The van der Waals surface area contributed by atoms with Crippen molar-refractivity contribution in [1.29, 1.82) is 0 Å². The van der Waals surface area contributed by atoms with Gasteiger partial charge in [-0.25, -0.2) is 9.97 Å². The fourth-order valence-electron chi connectivity index (χ4n) is 1.49. The first-order valence-corrected chi connectivity index (χ1v) is 5.13. The quantitative estimate of drug-likeness (QED) is 0.633. The molecule has 1 aromatic heterocycles. The molecule has 0 bridgehead atoms. The van der Waals surface area contributed by atoms with E-state index in [2.05, 4.69) is 9.97 Å². The highest BCUT2D eigenvalue weighted by atomic mass is 16.1. The molecule has 0 amide bonds. The van der Waals surface area contributed by atoms with Crippen molar-refractivity contribution in [1.82, 2.24) is 9.97 Å². The lowest BCUT2D eigenvalue weighted by atomic mass is 9.96. The molecule has 0 fully saturated rings. The van der Waals surface area contributed by atoms with Gasteiger partial charge in [-0.15, -0.1) is 0 Å². The van der Waals surface area contributed by atoms with Crippen LogP contribution < -0.4 is 0 Å². The number of carbonyl (C=O) groups excluding carboxylic acids is 1. The van der Waals surface area contributed by atoms with Crippen LogP contribution >= 0.6 is 0 Å². The standard InChI is InChI=1S/C9H10N2O.C2H6/c1-6-10-5-7-8(11-6)3-2-4-9(7)12;1-2/h5H,2-4H2,1H3;1-2H3. The first-order chi connectivity index (χ1) is 6.77. The minimum absolute atomic E-state index is 0.191. The zero-order valence-electron chi connectivity index (χ0n) is 9.00. The fraction of sp³-hybridized carbons (Fsp3) is 0.545. The Morgan fingerprint density at radius 1 is 1.29 bits per heavy atom. The van der Waals surface area contributed by atoms with E-state index in [9.17, 15) is 4.79 Å². The average molecular weight is 192 g/mol. The molecule has 0 aliphatic heterocycles. The molecular weight excluding hydrogens is 176 g/mol. The summed E-state index contributed by atoms with van der Waals surface area (Å²) in [6.45, 7) is 5.85. The molecule has 0 N–H and O–H groups in total. The van der Waals surface area contributed by atoms with E-state index in [1.165, 1.54) is 0 Å². The van der Waals surface area contributed by atoms with Crippen LogP contribution in [0, 0.1) is 6.92 Å². The van der Waals surface area contributed by atoms with Crippen LogP contribution in [0.15, 0.2) is 6.20 Å². The number of ketones is 1. The number of hydrogen-bond acceptors (Lipinski definition) is 3. The SMILES string of the molecule is CC.Cc1ncc2c(n1)CCCC2=O. The van der Waals surface area contributed by atoms with Gasteiger partial charge in [-0.1, -0.05) is 13.8 Å². The van der Waals surface area contributed by atoms with Crippen molar-refractivity contribution in [2.24, 2.45) is 0 Å². The normalized spacial score (nSPS) is 14.1. The molecule has 76 valence electrons. The number of rotatable bonds is 0. The second-order valence-electron chi connectivity index (χ2n) is 3.05. The van der Waals surface area contributed by atoms with Crippen LogP contribution in [0.5, 0.6) is 0 Å². The van der Waals surface area contributed by atoms with E-state index in [-0.39, 0.29) is 5.78 Å². The summed E-state index contributed by atoms with van der Waals surface area (Å²) in [5, 5.41) is 0. The van der Waals surface area contributed by atoms with Crippen molar-refractivity contribution >= 4 is 5.78 Å². The Kier molecular flexibility index (Phi) is 3.74. The Morgan fingerprint density at radius 3 is 2.71 bits per heavy atom. The molecule has 0 saturated carbocycles. The highest BCUT2D eigenvalue weighted by Gasteiger charge is 2.18. The molecule has 0 atom stereocenters. The first-order valence-electron chi connectivity index (χ1n) is 5.13. The summed E-state index contributed by atoms with van der Waals surface area (Å²) in [5.74, 6) is 0.944. The van der Waals surface area contributed by atoms with E-state index in [1.807, 2.05) is 20.8 Å². The summed E-state index contributed by atoms with van der Waals surface area (Å²) in [6.07, 6.45) is 4.16. The molecule has 3 heteroatoms. The molecule has 14 heavy (non-hydrogen) atoms. The van der Waals surface area contributed by atoms with Gasteiger partial charge in [-0.05, 0) is 19.8 Å². The Labute approximate surface area is 84.6 Å². The third-order valence-corrected chi connectivity index (χ3v) is 2.11. The molecule has 0 spiro atoms. The predicted octanol–water partition coefficient (Wildman–Crippen LogP) is 2.33. The predicted molar refractivity (Wildman–Crippen MR) is 55.4 cm³/mol. The van der Waals surface area contributed by atoms with Crippen LogP contribution in [0.25, 0.3) is 0 Å². The molecule has 0 aromatic carbocycles. The topological polar surface area (TPSA) is 42.9 Å². The monoisotopic (exact) mass is 192 g/mol. The largest absolute Gasteiger partial charge is 0.294 e. The minimum atomic E-state index is 0.191. The van der Waals surface area contributed by atoms with E-state index in [1.54, 1.807) is 6.20 Å². The molecule has 1 aromatic rings. The summed E-state index contributed by atoms with van der Waals surface area (Å²) in [5.41, 5.74) is 1.66. The smallest absolute Gasteiger partial charge is 0.166 e. The van der Waals surface area contributed by atoms with E-state index in [4.69, 9.17) is 0 Å². The van der Waals surface area contributed by atoms with Gasteiger partial charge in [0, 0.05) is 12.6 Å². The molecular formula is C11H16N2O. The van der Waals surface area contributed by atoms with Gasteiger partial charge in [0.15, 0.2) is 5.78 Å². The van der Waals surface area contributed by atoms with Crippen LogP contribution in [-0.2, 0) is 6.42 Å². The maximum atomic E-state index is 11.3. The summed E-state index contributed by atoms with van der Waals surface area (Å²) in [6, 6.07) is 0. The Morgan fingerprint density at radius 2 is 2.00 bits per heavy atom. The number of aromatic nitrogens is 2. The van der Waals surface area contributed by atoms with Crippen molar-refractivity contribution in [2.45, 2.75) is 40.0 Å². The zero-order chi connectivity index (χ0) is 10.6. The Balaban J connectivity index is 0.000000461. The summed E-state index contributed by atoms with van der Waals surface area (Å²) < 4.78 is 0. The van der Waals surface area contributed by atoms with Crippen LogP contribution in [0.2, 0.25) is 0 Å². The van der Waals surface area contributed by atoms with E-state index in [0.29, 0.717) is 6.42 Å². The molecule has 0 unspecified atom stereocenters. The van der Waals surface area contributed by atoms with Gasteiger partial charge in [0.25, 0.3) is 0 Å². The Hall–Kier alpha value is -1.25. The van der Waals surface area contributed by atoms with Crippen molar-refractivity contribution in [3.8, 4) is 0 Å². The van der Waals surface area contributed by atoms with Crippen LogP contribution in [0.1, 0.15) is 48.6 Å². The first kappa shape index (κ1) is 10.8. The van der Waals surface area contributed by atoms with Gasteiger partial charge in [0.05, 0.1) is 11.3 Å². The van der Waals surface area contributed by atoms with Gasteiger partial charge in [-0.2, -0.15) is 0 Å². The molecule has 0 saturated heterocycles. The molecule has 3 nitrogen and oxygen atoms in total. The van der Waals surface area contributed by atoms with Gasteiger partial charge >= 0.3 is 0 Å². The number of nitrogens with zero attached hydrogens (tertiary/aromatic N) is 2. The number of hydrogen-bond donors (Lipinski definition) is 0. The second kappa shape index (κ2) is 4.84. The highest BCUT2D eigenvalue weighted by Crippen LogP contribution is 2.17. The van der Waals surface area contributed by atoms with E-state index < -0.39 is 0 Å². The lowest BCUT2D eigenvalue weighted by Gasteiger charge is -2.12. The number of Topliss-reactive ketones (excluding diaryl/α,β-unsaturated/α-hetero) is 1. The van der Waals surface area contributed by atoms with E-state index >= 15 is 0 Å². The summed E-state index contributed by atoms with van der Waals surface area (Å²) in [4.78, 5) is 19.6. The van der Waals surface area contributed by atoms with Gasteiger partial charge < -0.3 is 0 Å². The van der Waals surface area contributed by atoms with Gasteiger partial charge in [0.1, 0.15) is 5.82 Å². The van der Waals surface area contributed by atoms with Crippen molar-refractivity contribution in [2.75, 3.05) is 0 Å². The summed E-state index contributed by atoms with van der Waals surface area (Å²) >= 11 is 0. The number of fused-ring (bicyclic) bond motifs is 1. The van der Waals surface area contributed by atoms with Gasteiger partial charge in [-0.3, -0.25) is 4.79 Å². The lowest BCUT2D eigenvalue weighted by molar-refractivity contribution is 0.0971. The molecule has 1 heterocycles. The fourth-order valence-corrected chi connectivity index (χ4v) is 1.49. The third-order valence-electron chi connectivity index (χ3n) is 2.11. The highest BCUT2D eigenvalue weighted by molar-refractivity contribution is 5.97. The van der Waals surface area contributed by atoms with Crippen LogP contribution in [0.3, 0.4) is 0 Å². The number of aryl methyl sites for hydroxylation is 2. The zero-order valence-corrected chi connectivity index (χ0v) is 9.00. The van der Waals surface area contributed by atoms with Crippen LogP contribution in [-0.4, -0.2) is 15.8 Å². The maximum absolute atomic E-state index is 11.3. The van der Waals surface area contributed by atoms with Crippen molar-refractivity contribution < 1.29 is 4.79 Å². The van der Waals surface area contributed by atoms with E-state index in [0.717, 1.165) is 29.9 Å². The van der Waals surface area contributed by atoms with Crippen LogP contribution in [0.4, 0.5) is 0 Å². The van der Waals surface area contributed by atoms with Crippen molar-refractivity contribution in [3.05, 3.63) is 23.3 Å². The maximum Gasteiger partial charge on any atom is 0.166 e. The molecule has 2 rings (SSSR count). The second-order valence-corrected chi connectivity index (χ2v) is 3.05. The minimum Gasteiger partial charge on any atom is -0.294 e. The number of carbonyl (C=O) groups is 1. The Bertz CT molecular complexity index is 334. The third kappa shape index (κ3) is 2.16.